The fourth-order valence-corrected chi connectivity index (χ4v) is 3.32. The standard InChI is InChI=1S/C20H21N5O3/c1-3-16-18(13(2)24-28-16)15-7-4-6-14(23-15)17-12-25(10-11-27-17)20(26)19-21-8-5-9-22-19/h4-9,17H,3,10-12H2,1-2H3. The van der Waals surface area contributed by atoms with Crippen LogP contribution in [0, 0.1) is 6.92 Å². The lowest BCUT2D eigenvalue weighted by Gasteiger charge is -2.32. The summed E-state index contributed by atoms with van der Waals surface area (Å²) in [7, 11) is 0. The van der Waals surface area contributed by atoms with Crippen molar-refractivity contribution in [3.63, 3.8) is 0 Å². The molecule has 1 amide bonds. The van der Waals surface area contributed by atoms with E-state index < -0.39 is 0 Å². The molecule has 0 aromatic carbocycles. The first-order valence-electron chi connectivity index (χ1n) is 9.27. The molecule has 4 heterocycles. The van der Waals surface area contributed by atoms with Gasteiger partial charge in [-0.1, -0.05) is 18.1 Å². The van der Waals surface area contributed by atoms with E-state index in [0.717, 1.165) is 34.8 Å². The van der Waals surface area contributed by atoms with E-state index in [-0.39, 0.29) is 17.8 Å². The maximum absolute atomic E-state index is 12.7. The number of morpholine rings is 1. The lowest BCUT2D eigenvalue weighted by molar-refractivity contribution is -0.0250. The largest absolute Gasteiger partial charge is 0.368 e. The summed E-state index contributed by atoms with van der Waals surface area (Å²) in [6.07, 6.45) is 3.55. The molecule has 0 radical (unpaired) electrons. The fraction of sp³-hybridized carbons (Fsp3) is 0.350. The summed E-state index contributed by atoms with van der Waals surface area (Å²) < 4.78 is 11.3. The third-order valence-corrected chi connectivity index (χ3v) is 4.72. The van der Waals surface area contributed by atoms with E-state index in [1.54, 1.807) is 23.4 Å². The van der Waals surface area contributed by atoms with Crippen molar-refractivity contribution < 1.29 is 14.1 Å². The van der Waals surface area contributed by atoms with E-state index in [1.165, 1.54) is 0 Å². The Morgan fingerprint density at radius 3 is 2.86 bits per heavy atom. The van der Waals surface area contributed by atoms with Crippen LogP contribution in [0.1, 0.15) is 40.8 Å². The zero-order chi connectivity index (χ0) is 19.5. The number of carbonyl (C=O) groups is 1. The minimum absolute atomic E-state index is 0.192. The number of rotatable bonds is 4. The van der Waals surface area contributed by atoms with Crippen LogP contribution in [-0.2, 0) is 11.2 Å². The van der Waals surface area contributed by atoms with Crippen LogP contribution in [-0.4, -0.2) is 50.6 Å². The zero-order valence-corrected chi connectivity index (χ0v) is 15.8. The van der Waals surface area contributed by atoms with Gasteiger partial charge in [0.15, 0.2) is 0 Å². The lowest BCUT2D eigenvalue weighted by Crippen LogP contribution is -2.43. The first kappa shape index (κ1) is 18.2. The SMILES string of the molecule is CCc1onc(C)c1-c1cccc(C2CN(C(=O)c3ncccn3)CCO2)n1. The van der Waals surface area contributed by atoms with E-state index in [4.69, 9.17) is 14.2 Å². The monoisotopic (exact) mass is 379 g/mol. The molecule has 1 atom stereocenters. The van der Waals surface area contributed by atoms with Gasteiger partial charge in [-0.2, -0.15) is 0 Å². The van der Waals surface area contributed by atoms with Crippen LogP contribution in [0.25, 0.3) is 11.3 Å². The van der Waals surface area contributed by atoms with Crippen LogP contribution in [0.15, 0.2) is 41.2 Å². The van der Waals surface area contributed by atoms with Crippen molar-refractivity contribution in [2.75, 3.05) is 19.7 Å². The molecule has 3 aromatic heterocycles. The molecule has 1 aliphatic rings. The number of ether oxygens (including phenoxy) is 1. The molecule has 3 aromatic rings. The van der Waals surface area contributed by atoms with Crippen LogP contribution >= 0.6 is 0 Å². The van der Waals surface area contributed by atoms with E-state index in [0.29, 0.717) is 19.7 Å². The van der Waals surface area contributed by atoms with Crippen LogP contribution in [0.4, 0.5) is 0 Å². The number of aryl methyl sites for hydroxylation is 2. The predicted molar refractivity (Wildman–Crippen MR) is 100 cm³/mol. The predicted octanol–water partition coefficient (Wildman–Crippen LogP) is 2.61. The van der Waals surface area contributed by atoms with Gasteiger partial charge in [0.1, 0.15) is 11.9 Å². The molecular weight excluding hydrogens is 358 g/mol. The summed E-state index contributed by atoms with van der Waals surface area (Å²) in [6.45, 7) is 5.26. The van der Waals surface area contributed by atoms with Crippen molar-refractivity contribution in [3.8, 4) is 11.3 Å². The van der Waals surface area contributed by atoms with Gasteiger partial charge in [0, 0.05) is 25.4 Å². The van der Waals surface area contributed by atoms with E-state index in [9.17, 15) is 4.79 Å². The smallest absolute Gasteiger partial charge is 0.291 e. The maximum Gasteiger partial charge on any atom is 0.291 e. The zero-order valence-electron chi connectivity index (χ0n) is 15.8. The highest BCUT2D eigenvalue weighted by atomic mass is 16.5. The van der Waals surface area contributed by atoms with Crippen molar-refractivity contribution >= 4 is 5.91 Å². The Labute approximate surface area is 162 Å². The molecule has 144 valence electrons. The summed E-state index contributed by atoms with van der Waals surface area (Å²) in [4.78, 5) is 27.3. The highest BCUT2D eigenvalue weighted by Gasteiger charge is 2.28. The Hall–Kier alpha value is -3.13. The van der Waals surface area contributed by atoms with Crippen molar-refractivity contribution in [2.24, 2.45) is 0 Å². The third kappa shape index (κ3) is 3.50. The number of hydrogen-bond acceptors (Lipinski definition) is 7. The molecule has 1 fully saturated rings. The Morgan fingerprint density at radius 1 is 1.25 bits per heavy atom. The molecule has 0 bridgehead atoms. The normalized spacial score (nSPS) is 16.9. The Bertz CT molecular complexity index is 973. The minimum atomic E-state index is -0.313. The average molecular weight is 379 g/mol. The van der Waals surface area contributed by atoms with Crippen molar-refractivity contribution in [3.05, 3.63) is 59.6 Å². The quantitative estimate of drug-likeness (QED) is 0.688. The van der Waals surface area contributed by atoms with Crippen LogP contribution < -0.4 is 0 Å². The molecular formula is C20H21N5O3. The summed E-state index contributed by atoms with van der Waals surface area (Å²) in [5, 5.41) is 4.06. The van der Waals surface area contributed by atoms with Crippen molar-refractivity contribution in [1.82, 2.24) is 25.0 Å². The highest BCUT2D eigenvalue weighted by Crippen LogP contribution is 2.29. The van der Waals surface area contributed by atoms with Gasteiger partial charge >= 0.3 is 0 Å². The van der Waals surface area contributed by atoms with Gasteiger partial charge in [-0.05, 0) is 25.1 Å². The summed E-state index contributed by atoms with van der Waals surface area (Å²) in [6, 6.07) is 7.47. The second-order valence-corrected chi connectivity index (χ2v) is 6.55. The van der Waals surface area contributed by atoms with Gasteiger partial charge in [-0.25, -0.2) is 15.0 Å². The number of carbonyl (C=O) groups excluding carboxylic acids is 1. The highest BCUT2D eigenvalue weighted by molar-refractivity contribution is 5.90. The molecule has 8 nitrogen and oxygen atoms in total. The minimum Gasteiger partial charge on any atom is -0.368 e. The van der Waals surface area contributed by atoms with Crippen LogP contribution in [0.2, 0.25) is 0 Å². The number of aromatic nitrogens is 4. The van der Waals surface area contributed by atoms with E-state index >= 15 is 0 Å². The molecule has 1 unspecified atom stereocenters. The van der Waals surface area contributed by atoms with Gasteiger partial charge in [0.25, 0.3) is 5.91 Å². The number of hydrogen-bond donors (Lipinski definition) is 0. The molecule has 0 aliphatic carbocycles. The van der Waals surface area contributed by atoms with Crippen LogP contribution in [0.3, 0.4) is 0 Å². The third-order valence-electron chi connectivity index (χ3n) is 4.72. The molecule has 0 N–H and O–H groups in total. The Balaban J connectivity index is 1.58. The maximum atomic E-state index is 12.7. The molecule has 8 heteroatoms. The van der Waals surface area contributed by atoms with Gasteiger partial charge in [-0.3, -0.25) is 4.79 Å². The molecule has 4 rings (SSSR count). The lowest BCUT2D eigenvalue weighted by atomic mass is 10.1. The molecule has 0 saturated carbocycles. The van der Waals surface area contributed by atoms with E-state index in [2.05, 4.69) is 15.1 Å². The number of pyridine rings is 1. The van der Waals surface area contributed by atoms with Crippen molar-refractivity contribution in [2.45, 2.75) is 26.4 Å². The molecule has 0 spiro atoms. The molecule has 1 aliphatic heterocycles. The van der Waals surface area contributed by atoms with Gasteiger partial charge in [-0.15, -0.1) is 0 Å². The fourth-order valence-electron chi connectivity index (χ4n) is 3.32. The van der Waals surface area contributed by atoms with Crippen LogP contribution in [0.5, 0.6) is 0 Å². The second kappa shape index (κ2) is 7.85. The Kier molecular flexibility index (Phi) is 5.12. The van der Waals surface area contributed by atoms with Gasteiger partial charge in [0.05, 0.1) is 35.8 Å². The topological polar surface area (TPSA) is 94.2 Å². The summed E-state index contributed by atoms with van der Waals surface area (Å²) in [5.41, 5.74) is 3.30. The number of nitrogens with zero attached hydrogens (tertiary/aromatic N) is 5. The summed E-state index contributed by atoms with van der Waals surface area (Å²) in [5.74, 6) is 0.801. The average Bonchev–Trinajstić information content (AvgIpc) is 3.14. The first-order valence-corrected chi connectivity index (χ1v) is 9.27. The Morgan fingerprint density at radius 2 is 2.07 bits per heavy atom. The molecule has 28 heavy (non-hydrogen) atoms. The number of amides is 1. The van der Waals surface area contributed by atoms with Gasteiger partial charge in [0.2, 0.25) is 5.82 Å². The van der Waals surface area contributed by atoms with Gasteiger partial charge < -0.3 is 14.2 Å². The first-order chi connectivity index (χ1) is 13.7. The summed E-state index contributed by atoms with van der Waals surface area (Å²) >= 11 is 0. The second-order valence-electron chi connectivity index (χ2n) is 6.55. The van der Waals surface area contributed by atoms with Crippen molar-refractivity contribution in [1.29, 1.82) is 0 Å². The molecule has 1 saturated heterocycles. The van der Waals surface area contributed by atoms with E-state index in [1.807, 2.05) is 32.0 Å².